The molecule has 0 aromatic heterocycles. The minimum absolute atomic E-state index is 0.0936. The molecule has 6 nitrogen and oxygen atoms in total. The Labute approximate surface area is 191 Å². The molecule has 0 saturated carbocycles. The minimum atomic E-state index is -0.562. The highest BCUT2D eigenvalue weighted by Crippen LogP contribution is 2.31. The number of fused-ring (bicyclic) bond motifs is 1. The molecule has 1 atom stereocenters. The van der Waals surface area contributed by atoms with Gasteiger partial charge in [0, 0.05) is 32.4 Å². The molecular weight excluding hydrogens is 400 g/mol. The molecule has 170 valence electrons. The number of benzene rings is 2. The Hall–Kier alpha value is -2.86. The molecule has 2 aromatic rings. The van der Waals surface area contributed by atoms with Gasteiger partial charge in [0.1, 0.15) is 0 Å². The second kappa shape index (κ2) is 10.6. The van der Waals surface area contributed by atoms with Crippen LogP contribution in [0.25, 0.3) is 0 Å². The van der Waals surface area contributed by atoms with E-state index in [1.165, 1.54) is 36.1 Å². The second-order valence-electron chi connectivity index (χ2n) is 8.87. The summed E-state index contributed by atoms with van der Waals surface area (Å²) in [7, 11) is 2.15. The Morgan fingerprint density at radius 1 is 0.938 bits per heavy atom. The monoisotopic (exact) mass is 434 g/mol. The van der Waals surface area contributed by atoms with E-state index in [1.807, 2.05) is 30.3 Å². The van der Waals surface area contributed by atoms with E-state index in [2.05, 4.69) is 45.7 Å². The summed E-state index contributed by atoms with van der Waals surface area (Å²) >= 11 is 0. The maximum Gasteiger partial charge on any atom is 0.309 e. The summed E-state index contributed by atoms with van der Waals surface area (Å²) < 4.78 is 0. The number of hydrogen-bond acceptors (Lipinski definition) is 4. The Bertz CT molecular complexity index is 925. The molecule has 2 N–H and O–H groups in total. The van der Waals surface area contributed by atoms with Crippen molar-refractivity contribution in [1.29, 1.82) is 0 Å². The van der Waals surface area contributed by atoms with Crippen molar-refractivity contribution < 1.29 is 9.59 Å². The number of nitrogens with one attached hydrogen (secondary N) is 2. The zero-order valence-corrected chi connectivity index (χ0v) is 19.0. The first-order chi connectivity index (χ1) is 15.6. The van der Waals surface area contributed by atoms with Gasteiger partial charge >= 0.3 is 11.8 Å². The highest BCUT2D eigenvalue weighted by molar-refractivity contribution is 6.35. The number of hydrogen-bond donors (Lipinski definition) is 2. The van der Waals surface area contributed by atoms with Crippen molar-refractivity contribution in [3.05, 3.63) is 65.2 Å². The van der Waals surface area contributed by atoms with Gasteiger partial charge in [-0.05, 0) is 68.0 Å². The summed E-state index contributed by atoms with van der Waals surface area (Å²) in [5, 5.41) is 5.63. The SMILES string of the molecule is CN1CCCc2cc([C@H](CNC(=O)C(=O)NCCc3ccccc3)N3CCCC3)ccc21. The van der Waals surface area contributed by atoms with E-state index in [1.54, 1.807) is 0 Å². The van der Waals surface area contributed by atoms with Crippen LogP contribution in [0.5, 0.6) is 0 Å². The lowest BCUT2D eigenvalue weighted by Crippen LogP contribution is -2.44. The zero-order valence-electron chi connectivity index (χ0n) is 19.0. The molecular formula is C26H34N4O2. The number of amides is 2. The van der Waals surface area contributed by atoms with Gasteiger partial charge in [-0.2, -0.15) is 0 Å². The molecule has 1 fully saturated rings. The number of anilines is 1. The fraction of sp³-hybridized carbons (Fsp3) is 0.462. The van der Waals surface area contributed by atoms with Crippen molar-refractivity contribution >= 4 is 17.5 Å². The third-order valence-electron chi connectivity index (χ3n) is 6.62. The average molecular weight is 435 g/mol. The smallest absolute Gasteiger partial charge is 0.309 e. The highest BCUT2D eigenvalue weighted by atomic mass is 16.2. The van der Waals surface area contributed by atoms with Crippen LogP contribution in [-0.2, 0) is 22.4 Å². The molecule has 4 rings (SSSR count). The van der Waals surface area contributed by atoms with Crippen LogP contribution in [0, 0.1) is 0 Å². The van der Waals surface area contributed by atoms with Crippen molar-refractivity contribution in [1.82, 2.24) is 15.5 Å². The van der Waals surface area contributed by atoms with Gasteiger partial charge in [-0.3, -0.25) is 14.5 Å². The molecule has 0 aliphatic carbocycles. The van der Waals surface area contributed by atoms with Gasteiger partial charge in [-0.1, -0.05) is 42.5 Å². The normalized spacial score (nSPS) is 17.0. The van der Waals surface area contributed by atoms with E-state index in [-0.39, 0.29) is 6.04 Å². The number of carbonyl (C=O) groups excluding carboxylic acids is 2. The first kappa shape index (κ1) is 22.3. The molecule has 6 heteroatoms. The van der Waals surface area contributed by atoms with Crippen LogP contribution in [0.1, 0.15) is 42.0 Å². The van der Waals surface area contributed by atoms with Gasteiger partial charge in [0.25, 0.3) is 0 Å². The number of aryl methyl sites for hydroxylation is 1. The summed E-state index contributed by atoms with van der Waals surface area (Å²) in [5.74, 6) is -1.12. The van der Waals surface area contributed by atoms with Crippen LogP contribution >= 0.6 is 0 Å². The van der Waals surface area contributed by atoms with Crippen LogP contribution in [0.4, 0.5) is 5.69 Å². The van der Waals surface area contributed by atoms with Gasteiger partial charge in [0.2, 0.25) is 0 Å². The number of carbonyl (C=O) groups is 2. The fourth-order valence-corrected chi connectivity index (χ4v) is 4.84. The minimum Gasteiger partial charge on any atom is -0.374 e. The maximum absolute atomic E-state index is 12.5. The molecule has 0 radical (unpaired) electrons. The molecule has 32 heavy (non-hydrogen) atoms. The first-order valence-corrected chi connectivity index (χ1v) is 11.8. The molecule has 1 saturated heterocycles. The lowest BCUT2D eigenvalue weighted by Gasteiger charge is -2.31. The Morgan fingerprint density at radius 3 is 2.47 bits per heavy atom. The quantitative estimate of drug-likeness (QED) is 0.658. The fourth-order valence-electron chi connectivity index (χ4n) is 4.84. The topological polar surface area (TPSA) is 64.7 Å². The zero-order chi connectivity index (χ0) is 22.3. The van der Waals surface area contributed by atoms with Gasteiger partial charge in [-0.15, -0.1) is 0 Å². The molecule has 2 aromatic carbocycles. The van der Waals surface area contributed by atoms with E-state index >= 15 is 0 Å². The first-order valence-electron chi connectivity index (χ1n) is 11.8. The van der Waals surface area contributed by atoms with Crippen LogP contribution in [0.15, 0.2) is 48.5 Å². The van der Waals surface area contributed by atoms with Gasteiger partial charge in [0.15, 0.2) is 0 Å². The number of rotatable bonds is 7. The Balaban J connectivity index is 1.36. The molecule has 2 heterocycles. The van der Waals surface area contributed by atoms with E-state index < -0.39 is 11.8 Å². The molecule has 2 aliphatic heterocycles. The lowest BCUT2D eigenvalue weighted by atomic mass is 9.96. The molecule has 2 amide bonds. The Morgan fingerprint density at radius 2 is 1.69 bits per heavy atom. The third kappa shape index (κ3) is 5.49. The van der Waals surface area contributed by atoms with Gasteiger partial charge in [0.05, 0.1) is 6.04 Å². The standard InChI is InChI=1S/C26H34N4O2/c1-29-15-7-10-21-18-22(11-12-23(21)29)24(30-16-5-6-17-30)19-28-26(32)25(31)27-14-13-20-8-3-2-4-9-20/h2-4,8-9,11-12,18,24H,5-7,10,13-17,19H2,1H3,(H,27,31)(H,28,32)/t24-/m0/s1. The van der Waals surface area contributed by atoms with E-state index in [0.29, 0.717) is 19.5 Å². The van der Waals surface area contributed by atoms with Crippen LogP contribution in [0.3, 0.4) is 0 Å². The van der Waals surface area contributed by atoms with Crippen molar-refractivity contribution in [2.45, 2.75) is 38.1 Å². The van der Waals surface area contributed by atoms with Crippen molar-refractivity contribution in [2.75, 3.05) is 44.7 Å². The number of likely N-dealkylation sites (tertiary alicyclic amines) is 1. The second-order valence-corrected chi connectivity index (χ2v) is 8.87. The van der Waals surface area contributed by atoms with Crippen LogP contribution in [-0.4, -0.2) is 56.5 Å². The Kier molecular flexibility index (Phi) is 7.43. The summed E-state index contributed by atoms with van der Waals surface area (Å²) in [4.78, 5) is 29.5. The predicted molar refractivity (Wildman–Crippen MR) is 128 cm³/mol. The summed E-state index contributed by atoms with van der Waals surface area (Å²) in [6.45, 7) is 4.04. The van der Waals surface area contributed by atoms with E-state index in [0.717, 1.165) is 31.6 Å². The maximum atomic E-state index is 12.5. The van der Waals surface area contributed by atoms with Crippen molar-refractivity contribution in [3.8, 4) is 0 Å². The molecule has 0 spiro atoms. The van der Waals surface area contributed by atoms with Crippen LogP contribution < -0.4 is 15.5 Å². The average Bonchev–Trinajstić information content (AvgIpc) is 3.34. The van der Waals surface area contributed by atoms with Crippen LogP contribution in [0.2, 0.25) is 0 Å². The summed E-state index contributed by atoms with van der Waals surface area (Å²) in [5.41, 5.74) is 5.05. The van der Waals surface area contributed by atoms with E-state index in [4.69, 9.17) is 0 Å². The molecule has 2 aliphatic rings. The van der Waals surface area contributed by atoms with Gasteiger partial charge < -0.3 is 15.5 Å². The number of nitrogens with zero attached hydrogens (tertiary/aromatic N) is 2. The summed E-state index contributed by atoms with van der Waals surface area (Å²) in [6, 6.07) is 16.7. The largest absolute Gasteiger partial charge is 0.374 e. The van der Waals surface area contributed by atoms with Gasteiger partial charge in [-0.25, -0.2) is 0 Å². The summed E-state index contributed by atoms with van der Waals surface area (Å²) in [6.07, 6.45) is 5.33. The van der Waals surface area contributed by atoms with E-state index in [9.17, 15) is 9.59 Å². The lowest BCUT2D eigenvalue weighted by molar-refractivity contribution is -0.139. The molecule has 0 unspecified atom stereocenters. The van der Waals surface area contributed by atoms with Crippen molar-refractivity contribution in [3.63, 3.8) is 0 Å². The highest BCUT2D eigenvalue weighted by Gasteiger charge is 2.26. The molecule has 0 bridgehead atoms. The predicted octanol–water partition coefficient (Wildman–Crippen LogP) is 2.68. The third-order valence-corrected chi connectivity index (χ3v) is 6.62. The van der Waals surface area contributed by atoms with Crippen molar-refractivity contribution in [2.24, 2.45) is 0 Å².